The van der Waals surface area contributed by atoms with Crippen LogP contribution in [0, 0.1) is 5.92 Å². The van der Waals surface area contributed by atoms with Crippen LogP contribution in [-0.2, 0) is 9.59 Å². The second-order valence-electron chi connectivity index (χ2n) is 7.02. The normalized spacial score (nSPS) is 21.4. The van der Waals surface area contributed by atoms with Gasteiger partial charge in [-0.1, -0.05) is 19.3 Å². The molecule has 5 heteroatoms. The SMILES string of the molecule is CCN(C(=O)C1CC(=O)N(c2ccc(OC)cc2)C1)C1CCCCC1. The van der Waals surface area contributed by atoms with Crippen molar-refractivity contribution in [2.45, 2.75) is 51.5 Å². The maximum atomic E-state index is 13.0. The van der Waals surface area contributed by atoms with Crippen molar-refractivity contribution in [3.8, 4) is 5.75 Å². The Morgan fingerprint density at radius 1 is 1.20 bits per heavy atom. The van der Waals surface area contributed by atoms with Crippen LogP contribution in [0.2, 0.25) is 0 Å². The lowest BCUT2D eigenvalue weighted by Gasteiger charge is -2.35. The zero-order valence-electron chi connectivity index (χ0n) is 15.2. The van der Waals surface area contributed by atoms with E-state index in [-0.39, 0.29) is 17.7 Å². The van der Waals surface area contributed by atoms with E-state index in [1.807, 2.05) is 36.1 Å². The average molecular weight is 344 g/mol. The molecule has 3 rings (SSSR count). The highest BCUT2D eigenvalue weighted by atomic mass is 16.5. The Labute approximate surface area is 149 Å². The van der Waals surface area contributed by atoms with Gasteiger partial charge in [0, 0.05) is 31.2 Å². The standard InChI is InChI=1S/C20H28N2O3/c1-3-21(16-7-5-4-6-8-16)20(24)15-13-19(23)22(14-15)17-9-11-18(25-2)12-10-17/h9-12,15-16H,3-8,13-14H2,1-2H3. The third-order valence-corrected chi connectivity index (χ3v) is 5.50. The lowest BCUT2D eigenvalue weighted by molar-refractivity contribution is -0.138. The molecule has 0 aromatic heterocycles. The molecule has 1 unspecified atom stereocenters. The number of methoxy groups -OCH3 is 1. The molecule has 0 spiro atoms. The van der Waals surface area contributed by atoms with Crippen LogP contribution in [0.1, 0.15) is 45.4 Å². The number of anilines is 1. The van der Waals surface area contributed by atoms with Gasteiger partial charge in [0.05, 0.1) is 13.0 Å². The van der Waals surface area contributed by atoms with E-state index in [1.165, 1.54) is 19.3 Å². The van der Waals surface area contributed by atoms with Crippen molar-refractivity contribution < 1.29 is 14.3 Å². The Balaban J connectivity index is 1.68. The Hall–Kier alpha value is -2.04. The van der Waals surface area contributed by atoms with E-state index in [0.717, 1.165) is 30.8 Å². The molecule has 0 N–H and O–H groups in total. The van der Waals surface area contributed by atoms with Gasteiger partial charge < -0.3 is 14.5 Å². The first-order valence-electron chi connectivity index (χ1n) is 9.39. The topological polar surface area (TPSA) is 49.9 Å². The summed E-state index contributed by atoms with van der Waals surface area (Å²) in [5, 5.41) is 0. The van der Waals surface area contributed by atoms with Crippen LogP contribution in [-0.4, -0.2) is 43.0 Å². The summed E-state index contributed by atoms with van der Waals surface area (Å²) in [7, 11) is 1.62. The van der Waals surface area contributed by atoms with Crippen LogP contribution in [0.5, 0.6) is 5.75 Å². The molecule has 5 nitrogen and oxygen atoms in total. The second-order valence-corrected chi connectivity index (χ2v) is 7.02. The minimum atomic E-state index is -0.225. The fourth-order valence-corrected chi connectivity index (χ4v) is 4.11. The first-order valence-corrected chi connectivity index (χ1v) is 9.39. The first kappa shape index (κ1) is 17.8. The minimum Gasteiger partial charge on any atom is -0.497 e. The van der Waals surface area contributed by atoms with Gasteiger partial charge in [0.2, 0.25) is 11.8 Å². The van der Waals surface area contributed by atoms with Gasteiger partial charge in [-0.2, -0.15) is 0 Å². The Kier molecular flexibility index (Phi) is 5.61. The van der Waals surface area contributed by atoms with Gasteiger partial charge in [0.25, 0.3) is 0 Å². The second kappa shape index (κ2) is 7.89. The van der Waals surface area contributed by atoms with Crippen molar-refractivity contribution in [3.05, 3.63) is 24.3 Å². The summed E-state index contributed by atoms with van der Waals surface area (Å²) in [5.74, 6) is 0.718. The molecule has 25 heavy (non-hydrogen) atoms. The zero-order chi connectivity index (χ0) is 17.8. The number of carbonyl (C=O) groups is 2. The van der Waals surface area contributed by atoms with E-state index < -0.39 is 0 Å². The van der Waals surface area contributed by atoms with E-state index in [4.69, 9.17) is 4.74 Å². The number of ether oxygens (including phenoxy) is 1. The van der Waals surface area contributed by atoms with E-state index >= 15 is 0 Å². The van der Waals surface area contributed by atoms with Crippen LogP contribution in [0.15, 0.2) is 24.3 Å². The number of carbonyl (C=O) groups excluding carboxylic acids is 2. The zero-order valence-corrected chi connectivity index (χ0v) is 15.2. The van der Waals surface area contributed by atoms with Gasteiger partial charge in [-0.15, -0.1) is 0 Å². The van der Waals surface area contributed by atoms with Crippen LogP contribution in [0.4, 0.5) is 5.69 Å². The molecule has 1 saturated heterocycles. The molecule has 1 atom stereocenters. The number of hydrogen-bond acceptors (Lipinski definition) is 3. The molecule has 2 aliphatic rings. The minimum absolute atomic E-state index is 0.0308. The third-order valence-electron chi connectivity index (χ3n) is 5.50. The van der Waals surface area contributed by atoms with Gasteiger partial charge >= 0.3 is 0 Å². The Morgan fingerprint density at radius 2 is 1.88 bits per heavy atom. The predicted octanol–water partition coefficient (Wildman–Crippen LogP) is 3.23. The summed E-state index contributed by atoms with van der Waals surface area (Å²) in [6.45, 7) is 3.26. The highest BCUT2D eigenvalue weighted by molar-refractivity contribution is 6.00. The highest BCUT2D eigenvalue weighted by Gasteiger charge is 2.38. The number of nitrogens with zero attached hydrogens (tertiary/aromatic N) is 2. The molecule has 1 aliphatic heterocycles. The van der Waals surface area contributed by atoms with Crippen molar-refractivity contribution in [1.82, 2.24) is 4.90 Å². The summed E-state index contributed by atoms with van der Waals surface area (Å²) in [6, 6.07) is 7.80. The fraction of sp³-hybridized carbons (Fsp3) is 0.600. The molecule has 1 heterocycles. The lowest BCUT2D eigenvalue weighted by atomic mass is 9.93. The molecule has 0 bridgehead atoms. The Morgan fingerprint density at radius 3 is 2.48 bits per heavy atom. The van der Waals surface area contributed by atoms with E-state index in [0.29, 0.717) is 19.0 Å². The molecule has 0 radical (unpaired) electrons. The van der Waals surface area contributed by atoms with Crippen molar-refractivity contribution >= 4 is 17.5 Å². The highest BCUT2D eigenvalue weighted by Crippen LogP contribution is 2.30. The summed E-state index contributed by atoms with van der Waals surface area (Å²) < 4.78 is 5.17. The molecule has 2 amide bonds. The van der Waals surface area contributed by atoms with Crippen LogP contribution in [0.25, 0.3) is 0 Å². The van der Waals surface area contributed by atoms with Crippen molar-refractivity contribution in [3.63, 3.8) is 0 Å². The van der Waals surface area contributed by atoms with E-state index in [9.17, 15) is 9.59 Å². The van der Waals surface area contributed by atoms with Crippen LogP contribution < -0.4 is 9.64 Å². The van der Waals surface area contributed by atoms with Gasteiger partial charge in [-0.05, 0) is 44.0 Å². The third kappa shape index (κ3) is 3.80. The van der Waals surface area contributed by atoms with Gasteiger partial charge in [0.1, 0.15) is 5.75 Å². The van der Waals surface area contributed by atoms with Gasteiger partial charge in [0.15, 0.2) is 0 Å². The molecule has 1 aromatic rings. The maximum absolute atomic E-state index is 13.0. The predicted molar refractivity (Wildman–Crippen MR) is 97.7 cm³/mol. The number of rotatable bonds is 5. The number of hydrogen-bond donors (Lipinski definition) is 0. The molecular formula is C20H28N2O3. The largest absolute Gasteiger partial charge is 0.497 e. The average Bonchev–Trinajstić information content (AvgIpc) is 3.05. The summed E-state index contributed by atoms with van der Waals surface area (Å²) in [5.41, 5.74) is 0.835. The molecule has 2 fully saturated rings. The summed E-state index contributed by atoms with van der Waals surface area (Å²) in [6.07, 6.45) is 6.19. The quantitative estimate of drug-likeness (QED) is 0.824. The lowest BCUT2D eigenvalue weighted by Crippen LogP contribution is -2.45. The van der Waals surface area contributed by atoms with Crippen molar-refractivity contribution in [2.24, 2.45) is 5.92 Å². The van der Waals surface area contributed by atoms with Crippen LogP contribution >= 0.6 is 0 Å². The molecule has 1 aliphatic carbocycles. The maximum Gasteiger partial charge on any atom is 0.228 e. The monoisotopic (exact) mass is 344 g/mol. The van der Waals surface area contributed by atoms with Gasteiger partial charge in [-0.25, -0.2) is 0 Å². The Bertz CT molecular complexity index is 608. The smallest absolute Gasteiger partial charge is 0.228 e. The van der Waals surface area contributed by atoms with Crippen molar-refractivity contribution in [1.29, 1.82) is 0 Å². The number of amides is 2. The summed E-state index contributed by atoms with van der Waals surface area (Å²) in [4.78, 5) is 29.2. The fourth-order valence-electron chi connectivity index (χ4n) is 4.11. The molecule has 1 saturated carbocycles. The van der Waals surface area contributed by atoms with Crippen molar-refractivity contribution in [2.75, 3.05) is 25.1 Å². The number of benzene rings is 1. The first-order chi connectivity index (χ1) is 12.1. The summed E-state index contributed by atoms with van der Waals surface area (Å²) >= 11 is 0. The van der Waals surface area contributed by atoms with E-state index in [1.54, 1.807) is 12.0 Å². The van der Waals surface area contributed by atoms with E-state index in [2.05, 4.69) is 0 Å². The molecule has 136 valence electrons. The van der Waals surface area contributed by atoms with Gasteiger partial charge in [-0.3, -0.25) is 9.59 Å². The molecule has 1 aromatic carbocycles. The van der Waals surface area contributed by atoms with Crippen LogP contribution in [0.3, 0.4) is 0 Å². The molecular weight excluding hydrogens is 316 g/mol.